The summed E-state index contributed by atoms with van der Waals surface area (Å²) in [4.78, 5) is 15.0. The number of amides is 1. The van der Waals surface area contributed by atoms with Gasteiger partial charge in [0.1, 0.15) is 6.17 Å². The molecule has 1 aliphatic rings. The molecule has 130 valence electrons. The fraction of sp³-hybridized carbons (Fsp3) is 0.0500. The maximum absolute atomic E-state index is 13.3. The van der Waals surface area contributed by atoms with Crippen LogP contribution < -0.4 is 10.2 Å². The summed E-state index contributed by atoms with van der Waals surface area (Å²) < 4.78 is 0.936. The molecule has 0 bridgehead atoms. The van der Waals surface area contributed by atoms with Crippen molar-refractivity contribution in [3.63, 3.8) is 0 Å². The monoisotopic (exact) mass is 446 g/mol. The summed E-state index contributed by atoms with van der Waals surface area (Å²) in [5.41, 5.74) is 2.78. The number of hydrogen-bond donors (Lipinski definition) is 1. The minimum atomic E-state index is -0.514. The Morgan fingerprint density at radius 2 is 1.54 bits per heavy atom. The van der Waals surface area contributed by atoms with Gasteiger partial charge in [0.2, 0.25) is 0 Å². The largest absolute Gasteiger partial charge is 0.360 e. The predicted octanol–water partition coefficient (Wildman–Crippen LogP) is 6.53. The van der Waals surface area contributed by atoms with E-state index in [1.807, 2.05) is 42.5 Å². The Bertz CT molecular complexity index is 971. The Kier molecular flexibility index (Phi) is 4.65. The lowest BCUT2D eigenvalue weighted by atomic mass is 10.0. The molecule has 0 aliphatic carbocycles. The third-order valence-electron chi connectivity index (χ3n) is 4.30. The normalized spacial score (nSPS) is 16.2. The van der Waals surface area contributed by atoms with Crippen LogP contribution in [0.15, 0.2) is 71.2 Å². The summed E-state index contributed by atoms with van der Waals surface area (Å²) in [6, 6.07) is 20.3. The zero-order valence-electron chi connectivity index (χ0n) is 13.4. The van der Waals surface area contributed by atoms with E-state index in [0.717, 1.165) is 15.8 Å². The highest BCUT2D eigenvalue weighted by Crippen LogP contribution is 2.41. The molecule has 1 aliphatic heterocycles. The molecular formula is C20H13BrCl2N2O. The second-order valence-corrected chi connectivity index (χ2v) is 7.61. The Hall–Kier alpha value is -2.01. The molecule has 1 atom stereocenters. The van der Waals surface area contributed by atoms with Gasteiger partial charge in [-0.3, -0.25) is 9.69 Å². The van der Waals surface area contributed by atoms with E-state index in [1.165, 1.54) is 0 Å². The number of nitrogens with one attached hydrogen (secondary N) is 1. The first-order chi connectivity index (χ1) is 12.6. The van der Waals surface area contributed by atoms with E-state index in [9.17, 15) is 4.79 Å². The van der Waals surface area contributed by atoms with Crippen molar-refractivity contribution in [2.45, 2.75) is 6.17 Å². The van der Waals surface area contributed by atoms with Gasteiger partial charge in [0.15, 0.2) is 0 Å². The van der Waals surface area contributed by atoms with E-state index in [0.29, 0.717) is 21.2 Å². The van der Waals surface area contributed by atoms with E-state index in [4.69, 9.17) is 23.2 Å². The number of para-hydroxylation sites is 1. The molecule has 1 N–H and O–H groups in total. The maximum Gasteiger partial charge on any atom is 0.262 e. The quantitative estimate of drug-likeness (QED) is 0.484. The minimum absolute atomic E-state index is 0.109. The van der Waals surface area contributed by atoms with Crippen LogP contribution in [-0.2, 0) is 0 Å². The summed E-state index contributed by atoms with van der Waals surface area (Å²) in [6.45, 7) is 0. The first-order valence-electron chi connectivity index (χ1n) is 7.95. The number of rotatable bonds is 2. The second kappa shape index (κ2) is 6.95. The van der Waals surface area contributed by atoms with Crippen LogP contribution in [0.1, 0.15) is 22.1 Å². The standard InChI is InChI=1S/C20H13BrCl2N2O/c21-12-8-10-13(11-9-12)25-19(18-15(22)5-3-6-16(18)23)24-17-7-2-1-4-14(17)20(25)26/h1-11,19,24H/t19-/m1/s1. The van der Waals surface area contributed by atoms with Crippen LogP contribution in [0, 0.1) is 0 Å². The summed E-state index contributed by atoms with van der Waals surface area (Å²) in [5.74, 6) is -0.109. The van der Waals surface area contributed by atoms with Crippen molar-refractivity contribution in [3.05, 3.63) is 92.4 Å². The van der Waals surface area contributed by atoms with Gasteiger partial charge in [-0.15, -0.1) is 0 Å². The molecule has 26 heavy (non-hydrogen) atoms. The Morgan fingerprint density at radius 3 is 2.23 bits per heavy atom. The third kappa shape index (κ3) is 2.98. The summed E-state index contributed by atoms with van der Waals surface area (Å²) in [6.07, 6.45) is -0.514. The van der Waals surface area contributed by atoms with Gasteiger partial charge in [-0.05, 0) is 48.5 Å². The van der Waals surface area contributed by atoms with Crippen molar-refractivity contribution in [2.24, 2.45) is 0 Å². The fourth-order valence-corrected chi connectivity index (χ4v) is 3.96. The number of carbonyl (C=O) groups is 1. The highest BCUT2D eigenvalue weighted by atomic mass is 79.9. The molecule has 4 rings (SSSR count). The van der Waals surface area contributed by atoms with Crippen molar-refractivity contribution in [3.8, 4) is 0 Å². The fourth-order valence-electron chi connectivity index (χ4n) is 3.10. The number of fused-ring (bicyclic) bond motifs is 1. The second-order valence-electron chi connectivity index (χ2n) is 5.88. The van der Waals surface area contributed by atoms with Gasteiger partial charge in [0.25, 0.3) is 5.91 Å². The first-order valence-corrected chi connectivity index (χ1v) is 9.50. The number of hydrogen-bond acceptors (Lipinski definition) is 2. The van der Waals surface area contributed by atoms with Gasteiger partial charge in [0, 0.05) is 31.5 Å². The van der Waals surface area contributed by atoms with E-state index in [2.05, 4.69) is 21.2 Å². The zero-order chi connectivity index (χ0) is 18.3. The lowest BCUT2D eigenvalue weighted by Gasteiger charge is -2.38. The summed E-state index contributed by atoms with van der Waals surface area (Å²) in [5, 5.41) is 4.42. The van der Waals surface area contributed by atoms with Gasteiger partial charge >= 0.3 is 0 Å². The van der Waals surface area contributed by atoms with Gasteiger partial charge in [-0.2, -0.15) is 0 Å². The molecular weight excluding hydrogens is 435 g/mol. The van der Waals surface area contributed by atoms with Crippen LogP contribution in [-0.4, -0.2) is 5.91 Å². The van der Waals surface area contributed by atoms with E-state index < -0.39 is 6.17 Å². The highest BCUT2D eigenvalue weighted by Gasteiger charge is 2.36. The summed E-state index contributed by atoms with van der Waals surface area (Å²) >= 11 is 16.3. The Morgan fingerprint density at radius 1 is 0.885 bits per heavy atom. The molecule has 0 spiro atoms. The zero-order valence-corrected chi connectivity index (χ0v) is 16.5. The molecule has 3 aromatic rings. The lowest BCUT2D eigenvalue weighted by Crippen LogP contribution is -2.43. The van der Waals surface area contributed by atoms with Crippen LogP contribution in [0.3, 0.4) is 0 Å². The van der Waals surface area contributed by atoms with Crippen LogP contribution in [0.5, 0.6) is 0 Å². The molecule has 0 radical (unpaired) electrons. The Labute approximate surface area is 169 Å². The van der Waals surface area contributed by atoms with Crippen molar-refractivity contribution in [1.82, 2.24) is 0 Å². The third-order valence-corrected chi connectivity index (χ3v) is 5.49. The van der Waals surface area contributed by atoms with Crippen molar-refractivity contribution in [2.75, 3.05) is 10.2 Å². The van der Waals surface area contributed by atoms with Gasteiger partial charge in [-0.1, -0.05) is 57.3 Å². The van der Waals surface area contributed by atoms with Crippen molar-refractivity contribution in [1.29, 1.82) is 0 Å². The van der Waals surface area contributed by atoms with Gasteiger partial charge in [0.05, 0.1) is 5.56 Å². The van der Waals surface area contributed by atoms with Gasteiger partial charge in [-0.25, -0.2) is 0 Å². The molecule has 0 unspecified atom stereocenters. The lowest BCUT2D eigenvalue weighted by molar-refractivity contribution is 0.0975. The van der Waals surface area contributed by atoms with E-state index >= 15 is 0 Å². The van der Waals surface area contributed by atoms with E-state index in [1.54, 1.807) is 29.2 Å². The SMILES string of the molecule is O=C1c2ccccc2N[C@@H](c2c(Cl)cccc2Cl)N1c1ccc(Br)cc1. The average Bonchev–Trinajstić information content (AvgIpc) is 2.63. The predicted molar refractivity (Wildman–Crippen MR) is 110 cm³/mol. The Balaban J connectivity index is 1.92. The topological polar surface area (TPSA) is 32.3 Å². The summed E-state index contributed by atoms with van der Waals surface area (Å²) in [7, 11) is 0. The smallest absolute Gasteiger partial charge is 0.262 e. The molecule has 0 aromatic heterocycles. The van der Waals surface area contributed by atoms with Crippen LogP contribution in [0.2, 0.25) is 10.0 Å². The van der Waals surface area contributed by atoms with Gasteiger partial charge < -0.3 is 5.32 Å². The molecule has 0 saturated heterocycles. The van der Waals surface area contributed by atoms with Crippen molar-refractivity contribution < 1.29 is 4.79 Å². The number of carbonyl (C=O) groups excluding carboxylic acids is 1. The van der Waals surface area contributed by atoms with Crippen molar-refractivity contribution >= 4 is 56.4 Å². The highest BCUT2D eigenvalue weighted by molar-refractivity contribution is 9.10. The molecule has 1 amide bonds. The molecule has 6 heteroatoms. The number of anilines is 2. The van der Waals surface area contributed by atoms with Crippen LogP contribution in [0.25, 0.3) is 0 Å². The molecule has 3 nitrogen and oxygen atoms in total. The molecule has 1 heterocycles. The first kappa shape index (κ1) is 17.4. The number of nitrogens with zero attached hydrogens (tertiary/aromatic N) is 1. The molecule has 3 aromatic carbocycles. The number of halogens is 3. The number of benzene rings is 3. The molecule has 0 saturated carbocycles. The minimum Gasteiger partial charge on any atom is -0.360 e. The average molecular weight is 448 g/mol. The maximum atomic E-state index is 13.3. The van der Waals surface area contributed by atoms with Crippen LogP contribution in [0.4, 0.5) is 11.4 Å². The van der Waals surface area contributed by atoms with E-state index in [-0.39, 0.29) is 5.91 Å². The van der Waals surface area contributed by atoms with Crippen LogP contribution >= 0.6 is 39.1 Å². The molecule has 0 fully saturated rings.